The van der Waals surface area contributed by atoms with Crippen LogP contribution in [0.5, 0.6) is 11.5 Å². The summed E-state index contributed by atoms with van der Waals surface area (Å²) in [6.45, 7) is 18.9. The second-order valence-electron chi connectivity index (χ2n) is 15.6. The summed E-state index contributed by atoms with van der Waals surface area (Å²) in [5, 5.41) is 0. The lowest BCUT2D eigenvalue weighted by Crippen LogP contribution is -2.31. The molecule has 0 atom stereocenters. The van der Waals surface area contributed by atoms with Crippen molar-refractivity contribution >= 4 is 34.3 Å². The molecule has 0 bridgehead atoms. The highest BCUT2D eigenvalue weighted by Gasteiger charge is 2.38. The normalized spacial score (nSPS) is 15.3. The van der Waals surface area contributed by atoms with Gasteiger partial charge < -0.3 is 14.5 Å². The minimum atomic E-state index is -0.197. The molecule has 1 aromatic heterocycles. The number of ether oxygens (including phenoxy) is 1. The van der Waals surface area contributed by atoms with Gasteiger partial charge in [0.25, 0.3) is 0 Å². The van der Waals surface area contributed by atoms with Gasteiger partial charge in [-0.3, -0.25) is 4.90 Å². The summed E-state index contributed by atoms with van der Waals surface area (Å²) < 4.78 is 6.83. The van der Waals surface area contributed by atoms with Crippen LogP contribution in [0.25, 0.3) is 0 Å². The first kappa shape index (κ1) is 30.9. The first-order valence-corrected chi connectivity index (χ1v) is 16.6. The van der Waals surface area contributed by atoms with Gasteiger partial charge in [0.05, 0.1) is 29.4 Å². The Morgan fingerprint density at radius 3 is 2.02 bits per heavy atom. The van der Waals surface area contributed by atoms with Gasteiger partial charge >= 0.3 is 0 Å². The van der Waals surface area contributed by atoms with E-state index < -0.39 is 0 Å². The number of hydrogen-bond acceptors (Lipinski definition) is 5. The average Bonchev–Trinajstić information content (AvgIpc) is 3.37. The number of hydrogen-bond donors (Lipinski definition) is 0. The van der Waals surface area contributed by atoms with Crippen molar-refractivity contribution in [3.05, 3.63) is 126 Å². The average molecular weight is 623 g/mol. The molecule has 0 amide bonds. The molecule has 0 saturated carbocycles. The molecule has 7 rings (SSSR count). The zero-order valence-electron chi connectivity index (χ0n) is 29.2. The highest BCUT2D eigenvalue weighted by molar-refractivity contribution is 5.86. The van der Waals surface area contributed by atoms with E-state index in [-0.39, 0.29) is 16.2 Å². The van der Waals surface area contributed by atoms with Crippen LogP contribution < -0.4 is 19.4 Å². The van der Waals surface area contributed by atoms with Crippen LogP contribution in [-0.2, 0) is 16.2 Å². The topological polar surface area (TPSA) is 31.8 Å². The largest absolute Gasteiger partial charge is 0.457 e. The Balaban J connectivity index is 1.34. The summed E-state index contributed by atoms with van der Waals surface area (Å²) in [7, 11) is 2.15. The van der Waals surface area contributed by atoms with Crippen LogP contribution in [0.2, 0.25) is 0 Å². The Kier molecular flexibility index (Phi) is 7.16. The molecule has 5 nitrogen and oxygen atoms in total. The first-order chi connectivity index (χ1) is 22.2. The zero-order valence-corrected chi connectivity index (χ0v) is 29.2. The molecule has 4 aromatic carbocycles. The molecule has 0 spiro atoms. The summed E-state index contributed by atoms with van der Waals surface area (Å²) in [6, 6.07) is 34.9. The number of nitrogens with zero attached hydrogens (tertiary/aromatic N) is 4. The maximum absolute atomic E-state index is 6.83. The molecule has 0 aliphatic carbocycles. The number of aromatic nitrogens is 1. The van der Waals surface area contributed by atoms with E-state index >= 15 is 0 Å². The zero-order chi connectivity index (χ0) is 33.3. The Bertz CT molecular complexity index is 1980. The van der Waals surface area contributed by atoms with E-state index in [0.717, 1.165) is 41.0 Å². The molecule has 0 radical (unpaired) electrons. The standard InChI is InChI=1S/C42H46N4O/c1-40(2,3)28-20-21-43-39(24-28)46-35-15-11-10-14-33(35)42(7,8)34-19-18-31(26-38(34)46)47-32-23-29(41(4,5)6)22-30(25-32)45-27-44(9)36-16-12-13-17-37(36)45/h10-26H,27H2,1-9H3. The summed E-state index contributed by atoms with van der Waals surface area (Å²) in [5.41, 5.74) is 10.6. The summed E-state index contributed by atoms with van der Waals surface area (Å²) in [4.78, 5) is 11.9. The fourth-order valence-corrected chi connectivity index (χ4v) is 6.98. The molecule has 47 heavy (non-hydrogen) atoms. The second-order valence-corrected chi connectivity index (χ2v) is 15.6. The third kappa shape index (κ3) is 5.42. The molecule has 0 saturated heterocycles. The predicted molar refractivity (Wildman–Crippen MR) is 197 cm³/mol. The van der Waals surface area contributed by atoms with Crippen molar-refractivity contribution in [2.45, 2.75) is 71.6 Å². The maximum atomic E-state index is 6.83. The van der Waals surface area contributed by atoms with Crippen molar-refractivity contribution in [1.29, 1.82) is 0 Å². The van der Waals surface area contributed by atoms with Gasteiger partial charge in [0, 0.05) is 36.5 Å². The Hall–Kier alpha value is -4.77. The monoisotopic (exact) mass is 622 g/mol. The van der Waals surface area contributed by atoms with Crippen LogP contribution in [-0.4, -0.2) is 18.7 Å². The molecule has 5 heteroatoms. The lowest BCUT2D eigenvalue weighted by Gasteiger charge is -2.41. The molecule has 5 aromatic rings. The van der Waals surface area contributed by atoms with Gasteiger partial charge in [-0.25, -0.2) is 4.98 Å². The number of rotatable bonds is 4. The summed E-state index contributed by atoms with van der Waals surface area (Å²) in [6.07, 6.45) is 1.94. The van der Waals surface area contributed by atoms with Crippen molar-refractivity contribution in [1.82, 2.24) is 4.98 Å². The predicted octanol–water partition coefficient (Wildman–Crippen LogP) is 11.1. The fourth-order valence-electron chi connectivity index (χ4n) is 6.98. The van der Waals surface area contributed by atoms with Crippen LogP contribution >= 0.6 is 0 Å². The molecule has 240 valence electrons. The Morgan fingerprint density at radius 2 is 1.30 bits per heavy atom. The van der Waals surface area contributed by atoms with Gasteiger partial charge in [0.2, 0.25) is 0 Å². The Morgan fingerprint density at radius 1 is 0.638 bits per heavy atom. The quantitative estimate of drug-likeness (QED) is 0.199. The Labute approximate surface area is 280 Å². The molecule has 0 fully saturated rings. The third-order valence-corrected chi connectivity index (χ3v) is 9.78. The highest BCUT2D eigenvalue weighted by Crippen LogP contribution is 2.53. The number of fused-ring (bicyclic) bond motifs is 3. The van der Waals surface area contributed by atoms with Crippen LogP contribution in [0, 0.1) is 0 Å². The number of anilines is 6. The first-order valence-electron chi connectivity index (χ1n) is 16.6. The smallest absolute Gasteiger partial charge is 0.137 e. The molecule has 2 aliphatic rings. The van der Waals surface area contributed by atoms with Crippen LogP contribution in [0.1, 0.15) is 77.6 Å². The highest BCUT2D eigenvalue weighted by atomic mass is 16.5. The van der Waals surface area contributed by atoms with E-state index in [2.05, 4.69) is 174 Å². The lowest BCUT2D eigenvalue weighted by molar-refractivity contribution is 0.478. The van der Waals surface area contributed by atoms with E-state index in [0.29, 0.717) is 0 Å². The van der Waals surface area contributed by atoms with Gasteiger partial charge in [-0.15, -0.1) is 0 Å². The maximum Gasteiger partial charge on any atom is 0.137 e. The third-order valence-electron chi connectivity index (χ3n) is 9.78. The number of pyridine rings is 1. The van der Waals surface area contributed by atoms with Crippen molar-refractivity contribution in [2.24, 2.45) is 0 Å². The van der Waals surface area contributed by atoms with Gasteiger partial charge in [-0.05, 0) is 81.6 Å². The van der Waals surface area contributed by atoms with E-state index in [4.69, 9.17) is 9.72 Å². The van der Waals surface area contributed by atoms with E-state index in [1.165, 1.54) is 33.6 Å². The van der Waals surface area contributed by atoms with Gasteiger partial charge in [-0.2, -0.15) is 0 Å². The van der Waals surface area contributed by atoms with Crippen molar-refractivity contribution in [2.75, 3.05) is 28.4 Å². The summed E-state index contributed by atoms with van der Waals surface area (Å²) >= 11 is 0. The molecule has 0 unspecified atom stereocenters. The van der Waals surface area contributed by atoms with Crippen molar-refractivity contribution in [3.8, 4) is 11.5 Å². The van der Waals surface area contributed by atoms with E-state index in [1.54, 1.807) is 0 Å². The molecule has 0 N–H and O–H groups in total. The van der Waals surface area contributed by atoms with Crippen molar-refractivity contribution in [3.63, 3.8) is 0 Å². The van der Waals surface area contributed by atoms with E-state index in [9.17, 15) is 0 Å². The fraction of sp³-hybridized carbons (Fsp3) is 0.310. The lowest BCUT2D eigenvalue weighted by atomic mass is 9.73. The molecule has 3 heterocycles. The van der Waals surface area contributed by atoms with Crippen LogP contribution in [0.4, 0.5) is 34.3 Å². The number of benzene rings is 4. The van der Waals surface area contributed by atoms with Crippen LogP contribution in [0.3, 0.4) is 0 Å². The molecular formula is C42H46N4O. The summed E-state index contributed by atoms with van der Waals surface area (Å²) in [5.74, 6) is 2.54. The van der Waals surface area contributed by atoms with Gasteiger partial charge in [0.1, 0.15) is 17.3 Å². The molecule has 2 aliphatic heterocycles. The minimum Gasteiger partial charge on any atom is -0.457 e. The van der Waals surface area contributed by atoms with Crippen molar-refractivity contribution < 1.29 is 4.74 Å². The van der Waals surface area contributed by atoms with Crippen LogP contribution in [0.15, 0.2) is 103 Å². The SMILES string of the molecule is CN1CN(c2cc(Oc3ccc4c(c3)N(c3cc(C(C)(C)C)ccn3)c3ccccc3C4(C)C)cc(C(C)(C)C)c2)c2ccccc21. The second kappa shape index (κ2) is 10.9. The van der Waals surface area contributed by atoms with Gasteiger partial charge in [-0.1, -0.05) is 91.8 Å². The minimum absolute atomic E-state index is 0.000491. The van der Waals surface area contributed by atoms with Gasteiger partial charge in [0.15, 0.2) is 0 Å². The number of para-hydroxylation sites is 3. The van der Waals surface area contributed by atoms with E-state index in [1.807, 2.05) is 6.20 Å². The molecular weight excluding hydrogens is 576 g/mol.